The lowest BCUT2D eigenvalue weighted by atomic mass is 9.82. The van der Waals surface area contributed by atoms with Gasteiger partial charge in [0.1, 0.15) is 17.2 Å². The van der Waals surface area contributed by atoms with E-state index in [0.717, 1.165) is 0 Å². The van der Waals surface area contributed by atoms with E-state index in [0.29, 0.717) is 55.7 Å². The number of nitrogens with zero attached hydrogens (tertiary/aromatic N) is 1. The minimum Gasteiger partial charge on any atom is -0.481 e. The second-order valence-corrected chi connectivity index (χ2v) is 7.77. The van der Waals surface area contributed by atoms with Gasteiger partial charge < -0.3 is 14.7 Å². The largest absolute Gasteiger partial charge is 0.481 e. The van der Waals surface area contributed by atoms with Crippen molar-refractivity contribution in [1.82, 2.24) is 4.90 Å². The molecule has 158 valence electrons. The fourth-order valence-corrected chi connectivity index (χ4v) is 4.32. The van der Waals surface area contributed by atoms with Crippen molar-refractivity contribution in [3.05, 3.63) is 65.2 Å². The van der Waals surface area contributed by atoms with Gasteiger partial charge in [-0.2, -0.15) is 0 Å². The van der Waals surface area contributed by atoms with Crippen molar-refractivity contribution in [3.63, 3.8) is 0 Å². The molecule has 2 aromatic rings. The number of carboxylic acids is 1. The van der Waals surface area contributed by atoms with Crippen LogP contribution in [0.25, 0.3) is 0 Å². The van der Waals surface area contributed by atoms with Crippen LogP contribution in [0, 0.1) is 11.6 Å². The SMILES string of the molecule is O=C1Nc2ccc(F)cc2C2(CCN(CCC(C(=O)O)c3ccc(F)cc3)CC2)O1. The number of fused-ring (bicyclic) bond motifs is 2. The molecule has 6 nitrogen and oxygen atoms in total. The average molecular weight is 416 g/mol. The highest BCUT2D eigenvalue weighted by atomic mass is 19.1. The molecule has 1 atom stereocenters. The fourth-order valence-electron chi connectivity index (χ4n) is 4.32. The third kappa shape index (κ3) is 4.00. The van der Waals surface area contributed by atoms with E-state index >= 15 is 0 Å². The zero-order valence-electron chi connectivity index (χ0n) is 16.2. The number of hydrogen-bond acceptors (Lipinski definition) is 4. The summed E-state index contributed by atoms with van der Waals surface area (Å²) in [6.45, 7) is 1.70. The highest BCUT2D eigenvalue weighted by molar-refractivity contribution is 5.88. The first kappa shape index (κ1) is 20.3. The van der Waals surface area contributed by atoms with E-state index in [9.17, 15) is 23.5 Å². The standard InChI is InChI=1S/C22H22F2N2O4/c23-15-3-1-14(2-4-15)17(20(27)28)7-10-26-11-8-22(9-12-26)18-13-16(24)5-6-19(18)25-21(29)30-22/h1-6,13,17H,7-12H2,(H,25,29)(H,27,28). The zero-order chi connectivity index (χ0) is 21.3. The molecular weight excluding hydrogens is 394 g/mol. The minimum absolute atomic E-state index is 0.376. The Kier molecular flexibility index (Phi) is 5.42. The number of hydrogen-bond donors (Lipinski definition) is 2. The first-order valence-electron chi connectivity index (χ1n) is 9.87. The van der Waals surface area contributed by atoms with Crippen molar-refractivity contribution in [3.8, 4) is 0 Å². The molecule has 2 aliphatic heterocycles. The number of rotatable bonds is 5. The number of amides is 1. The molecule has 2 N–H and O–H groups in total. The Balaban J connectivity index is 1.42. The van der Waals surface area contributed by atoms with Gasteiger partial charge in [0.05, 0.1) is 11.6 Å². The summed E-state index contributed by atoms with van der Waals surface area (Å²) in [6.07, 6.45) is 0.807. The first-order valence-corrected chi connectivity index (χ1v) is 9.87. The number of carboxylic acid groups (broad SMARTS) is 1. The Bertz CT molecular complexity index is 956. The Morgan fingerprint density at radius 2 is 1.80 bits per heavy atom. The van der Waals surface area contributed by atoms with Crippen LogP contribution in [-0.4, -0.2) is 41.7 Å². The molecule has 8 heteroatoms. The highest BCUT2D eigenvalue weighted by Crippen LogP contribution is 2.43. The lowest BCUT2D eigenvalue weighted by molar-refractivity contribution is -0.139. The molecule has 1 saturated heterocycles. The lowest BCUT2D eigenvalue weighted by Crippen LogP contribution is -2.48. The smallest absolute Gasteiger partial charge is 0.412 e. The van der Waals surface area contributed by atoms with Crippen LogP contribution in [0.15, 0.2) is 42.5 Å². The topological polar surface area (TPSA) is 78.9 Å². The van der Waals surface area contributed by atoms with E-state index in [4.69, 9.17) is 4.74 Å². The van der Waals surface area contributed by atoms with Crippen LogP contribution in [0.3, 0.4) is 0 Å². The fraction of sp³-hybridized carbons (Fsp3) is 0.364. The maximum Gasteiger partial charge on any atom is 0.412 e. The lowest BCUT2D eigenvalue weighted by Gasteiger charge is -2.44. The van der Waals surface area contributed by atoms with Crippen LogP contribution >= 0.6 is 0 Å². The van der Waals surface area contributed by atoms with Gasteiger partial charge in [0, 0.05) is 31.5 Å². The maximum absolute atomic E-state index is 13.8. The van der Waals surface area contributed by atoms with Crippen molar-refractivity contribution >= 4 is 17.7 Å². The molecule has 1 spiro atoms. The molecule has 1 fully saturated rings. The van der Waals surface area contributed by atoms with E-state index in [1.54, 1.807) is 6.07 Å². The van der Waals surface area contributed by atoms with Gasteiger partial charge in [-0.15, -0.1) is 0 Å². The van der Waals surface area contributed by atoms with Gasteiger partial charge >= 0.3 is 12.1 Å². The number of benzene rings is 2. The van der Waals surface area contributed by atoms with Crippen LogP contribution in [0.2, 0.25) is 0 Å². The molecule has 0 saturated carbocycles. The van der Waals surface area contributed by atoms with Gasteiger partial charge in [-0.3, -0.25) is 10.1 Å². The van der Waals surface area contributed by atoms with Crippen molar-refractivity contribution in [1.29, 1.82) is 0 Å². The summed E-state index contributed by atoms with van der Waals surface area (Å²) in [4.78, 5) is 25.8. The molecule has 30 heavy (non-hydrogen) atoms. The van der Waals surface area contributed by atoms with E-state index in [-0.39, 0.29) is 5.82 Å². The van der Waals surface area contributed by atoms with Crippen LogP contribution in [-0.2, 0) is 15.1 Å². The molecule has 4 rings (SSSR count). The second kappa shape index (κ2) is 8.02. The number of nitrogens with one attached hydrogen (secondary N) is 1. The summed E-state index contributed by atoms with van der Waals surface area (Å²) in [5.41, 5.74) is 0.883. The molecule has 2 aliphatic rings. The summed E-state index contributed by atoms with van der Waals surface area (Å²) in [7, 11) is 0. The summed E-state index contributed by atoms with van der Waals surface area (Å²) in [6, 6.07) is 9.77. The molecule has 0 aliphatic carbocycles. The first-order chi connectivity index (χ1) is 14.4. The molecule has 0 bridgehead atoms. The quantitative estimate of drug-likeness (QED) is 0.768. The normalized spacial score (nSPS) is 18.9. The highest BCUT2D eigenvalue weighted by Gasteiger charge is 2.44. The van der Waals surface area contributed by atoms with E-state index in [1.165, 1.54) is 36.4 Å². The number of piperidine rings is 1. The third-order valence-electron chi connectivity index (χ3n) is 5.97. The Morgan fingerprint density at radius 1 is 1.13 bits per heavy atom. The molecular formula is C22H22F2N2O4. The number of ether oxygens (including phenoxy) is 1. The summed E-state index contributed by atoms with van der Waals surface area (Å²) < 4.78 is 32.6. The Hall–Kier alpha value is -3.00. The summed E-state index contributed by atoms with van der Waals surface area (Å²) in [5, 5.41) is 12.2. The number of likely N-dealkylation sites (tertiary alicyclic amines) is 1. The molecule has 1 unspecified atom stereocenters. The summed E-state index contributed by atoms with van der Waals surface area (Å²) >= 11 is 0. The predicted molar refractivity (Wildman–Crippen MR) is 105 cm³/mol. The van der Waals surface area contributed by atoms with Crippen LogP contribution in [0.1, 0.15) is 36.3 Å². The van der Waals surface area contributed by atoms with Gasteiger partial charge in [0.15, 0.2) is 0 Å². The monoisotopic (exact) mass is 416 g/mol. The van der Waals surface area contributed by atoms with Gasteiger partial charge in [-0.05, 0) is 48.9 Å². The van der Waals surface area contributed by atoms with Gasteiger partial charge in [-0.1, -0.05) is 12.1 Å². The number of aliphatic carboxylic acids is 1. The van der Waals surface area contributed by atoms with Crippen molar-refractivity contribution < 1.29 is 28.2 Å². The van der Waals surface area contributed by atoms with Gasteiger partial charge in [0.25, 0.3) is 0 Å². The second-order valence-electron chi connectivity index (χ2n) is 7.77. The van der Waals surface area contributed by atoms with Crippen LogP contribution in [0.4, 0.5) is 19.3 Å². The molecule has 2 heterocycles. The van der Waals surface area contributed by atoms with Crippen molar-refractivity contribution in [2.24, 2.45) is 0 Å². The minimum atomic E-state index is -0.952. The maximum atomic E-state index is 13.8. The molecule has 1 amide bonds. The van der Waals surface area contributed by atoms with Crippen LogP contribution in [0.5, 0.6) is 0 Å². The van der Waals surface area contributed by atoms with Gasteiger partial charge in [0.2, 0.25) is 0 Å². The van der Waals surface area contributed by atoms with Gasteiger partial charge in [-0.25, -0.2) is 13.6 Å². The zero-order valence-corrected chi connectivity index (χ0v) is 16.2. The average Bonchev–Trinajstić information content (AvgIpc) is 2.71. The molecule has 0 aromatic heterocycles. The number of anilines is 1. The van der Waals surface area contributed by atoms with E-state index in [2.05, 4.69) is 10.2 Å². The van der Waals surface area contributed by atoms with Crippen molar-refractivity contribution in [2.45, 2.75) is 30.8 Å². The Morgan fingerprint density at radius 3 is 2.47 bits per heavy atom. The van der Waals surface area contributed by atoms with E-state index < -0.39 is 29.4 Å². The molecule has 2 aromatic carbocycles. The number of carbonyl (C=O) groups is 2. The summed E-state index contributed by atoms with van der Waals surface area (Å²) in [5.74, 6) is -2.48. The number of carbonyl (C=O) groups excluding carboxylic acids is 1. The third-order valence-corrected chi connectivity index (χ3v) is 5.97. The van der Waals surface area contributed by atoms with Crippen LogP contribution < -0.4 is 5.32 Å². The predicted octanol–water partition coefficient (Wildman–Crippen LogP) is 4.08. The molecule has 0 radical (unpaired) electrons. The number of halogens is 2. The van der Waals surface area contributed by atoms with Crippen molar-refractivity contribution in [2.75, 3.05) is 25.0 Å². The Labute approximate surface area is 172 Å². The van der Waals surface area contributed by atoms with E-state index in [1.807, 2.05) is 0 Å².